The summed E-state index contributed by atoms with van der Waals surface area (Å²) in [5.74, 6) is -1.29. The molecule has 1 aromatic carbocycles. The van der Waals surface area contributed by atoms with Crippen LogP contribution in [0.4, 0.5) is 4.79 Å². The standard InChI is InChI=1S/C14H15N3O4/c1-8(18)17-12(13(19)21-14(15)20)6-9-7-16-11-5-3-2-4-10(9)11/h2-5,7,12,16H,6H2,1H3,(H2,15,20)(H,17,18)/t12-/m0/s1. The van der Waals surface area contributed by atoms with E-state index in [4.69, 9.17) is 5.73 Å². The van der Waals surface area contributed by atoms with Crippen LogP contribution in [0, 0.1) is 0 Å². The number of primary amides is 1. The number of carbonyl (C=O) groups is 3. The van der Waals surface area contributed by atoms with Crippen molar-refractivity contribution in [2.75, 3.05) is 0 Å². The Morgan fingerprint density at radius 3 is 2.71 bits per heavy atom. The highest BCUT2D eigenvalue weighted by atomic mass is 16.6. The molecule has 0 bridgehead atoms. The lowest BCUT2D eigenvalue weighted by molar-refractivity contribution is -0.141. The van der Waals surface area contributed by atoms with E-state index < -0.39 is 24.0 Å². The van der Waals surface area contributed by atoms with E-state index in [1.54, 1.807) is 6.20 Å². The van der Waals surface area contributed by atoms with Gasteiger partial charge in [-0.15, -0.1) is 0 Å². The molecule has 0 aliphatic heterocycles. The van der Waals surface area contributed by atoms with E-state index in [0.29, 0.717) is 0 Å². The van der Waals surface area contributed by atoms with Crippen LogP contribution in [0.5, 0.6) is 0 Å². The predicted octanol–water partition coefficient (Wildman–Crippen LogP) is 0.837. The molecule has 4 N–H and O–H groups in total. The minimum absolute atomic E-state index is 0.190. The number of nitrogens with two attached hydrogens (primary N) is 1. The minimum atomic E-state index is -1.20. The Labute approximate surface area is 120 Å². The molecule has 2 aromatic rings. The molecule has 7 heteroatoms. The summed E-state index contributed by atoms with van der Waals surface area (Å²) in [6, 6.07) is 6.57. The number of aromatic amines is 1. The Kier molecular flexibility index (Phi) is 4.22. The Morgan fingerprint density at radius 2 is 2.05 bits per heavy atom. The second-order valence-electron chi connectivity index (χ2n) is 4.56. The van der Waals surface area contributed by atoms with Gasteiger partial charge in [0, 0.05) is 30.4 Å². The normalized spacial score (nSPS) is 11.9. The monoisotopic (exact) mass is 289 g/mol. The molecule has 0 fully saturated rings. The topological polar surface area (TPSA) is 114 Å². The summed E-state index contributed by atoms with van der Waals surface area (Å²) >= 11 is 0. The van der Waals surface area contributed by atoms with Gasteiger partial charge in [0.1, 0.15) is 6.04 Å². The van der Waals surface area contributed by atoms with E-state index >= 15 is 0 Å². The van der Waals surface area contributed by atoms with Crippen LogP contribution in [0.2, 0.25) is 0 Å². The van der Waals surface area contributed by atoms with Gasteiger partial charge in [-0.1, -0.05) is 18.2 Å². The molecule has 1 aromatic heterocycles. The molecular weight excluding hydrogens is 274 g/mol. The number of ether oxygens (including phenoxy) is 1. The molecule has 0 radical (unpaired) electrons. The Morgan fingerprint density at radius 1 is 1.33 bits per heavy atom. The van der Waals surface area contributed by atoms with E-state index in [2.05, 4.69) is 15.0 Å². The lowest BCUT2D eigenvalue weighted by Gasteiger charge is -2.15. The number of hydrogen-bond acceptors (Lipinski definition) is 4. The fraction of sp³-hybridized carbons (Fsp3) is 0.214. The van der Waals surface area contributed by atoms with Crippen molar-refractivity contribution in [1.82, 2.24) is 10.3 Å². The van der Waals surface area contributed by atoms with Crippen molar-refractivity contribution in [3.8, 4) is 0 Å². The van der Waals surface area contributed by atoms with E-state index in [9.17, 15) is 14.4 Å². The number of para-hydroxylation sites is 1. The maximum Gasteiger partial charge on any atom is 0.412 e. The van der Waals surface area contributed by atoms with Gasteiger partial charge in [-0.3, -0.25) is 4.79 Å². The zero-order valence-electron chi connectivity index (χ0n) is 11.4. The summed E-state index contributed by atoms with van der Waals surface area (Å²) in [5, 5.41) is 3.38. The third-order valence-electron chi connectivity index (χ3n) is 2.96. The molecule has 0 unspecified atom stereocenters. The highest BCUT2D eigenvalue weighted by Crippen LogP contribution is 2.19. The van der Waals surface area contributed by atoms with Crippen LogP contribution in [-0.2, 0) is 20.7 Å². The summed E-state index contributed by atoms with van der Waals surface area (Å²) in [6.07, 6.45) is 0.737. The summed E-state index contributed by atoms with van der Waals surface area (Å²) < 4.78 is 4.35. The van der Waals surface area contributed by atoms with Crippen LogP contribution >= 0.6 is 0 Å². The predicted molar refractivity (Wildman–Crippen MR) is 75.3 cm³/mol. The number of esters is 1. The summed E-state index contributed by atoms with van der Waals surface area (Å²) in [6.45, 7) is 1.28. The van der Waals surface area contributed by atoms with Gasteiger partial charge in [0.2, 0.25) is 5.91 Å². The number of benzene rings is 1. The SMILES string of the molecule is CC(=O)N[C@@H](Cc1c[nH]c2ccccc12)C(=O)OC(N)=O. The van der Waals surface area contributed by atoms with Crippen LogP contribution in [0.3, 0.4) is 0 Å². The lowest BCUT2D eigenvalue weighted by atomic mass is 10.0. The average molecular weight is 289 g/mol. The zero-order valence-corrected chi connectivity index (χ0v) is 11.4. The van der Waals surface area contributed by atoms with Crippen molar-refractivity contribution in [1.29, 1.82) is 0 Å². The smallest absolute Gasteiger partial charge is 0.375 e. The van der Waals surface area contributed by atoms with Gasteiger partial charge in [0.05, 0.1) is 0 Å². The summed E-state index contributed by atoms with van der Waals surface area (Å²) in [7, 11) is 0. The molecule has 0 saturated heterocycles. The number of rotatable bonds is 4. The van der Waals surface area contributed by atoms with Crippen LogP contribution in [0.15, 0.2) is 30.5 Å². The van der Waals surface area contributed by atoms with Crippen molar-refractivity contribution >= 4 is 28.9 Å². The number of amides is 2. The number of H-pyrrole nitrogens is 1. The van der Waals surface area contributed by atoms with Crippen LogP contribution in [0.1, 0.15) is 12.5 Å². The molecule has 0 saturated carbocycles. The van der Waals surface area contributed by atoms with Gasteiger partial charge in [-0.25, -0.2) is 9.59 Å². The molecule has 7 nitrogen and oxygen atoms in total. The molecule has 1 heterocycles. The van der Waals surface area contributed by atoms with Crippen molar-refractivity contribution in [3.63, 3.8) is 0 Å². The Hall–Kier alpha value is -2.83. The first-order valence-electron chi connectivity index (χ1n) is 6.30. The zero-order chi connectivity index (χ0) is 15.4. The third kappa shape index (κ3) is 3.59. The average Bonchev–Trinajstić information content (AvgIpc) is 2.80. The van der Waals surface area contributed by atoms with Gasteiger partial charge >= 0.3 is 12.1 Å². The molecule has 2 amide bonds. The van der Waals surface area contributed by atoms with Crippen molar-refractivity contribution in [3.05, 3.63) is 36.0 Å². The molecule has 110 valence electrons. The van der Waals surface area contributed by atoms with Gasteiger partial charge in [-0.05, 0) is 11.6 Å². The second kappa shape index (κ2) is 6.08. The van der Waals surface area contributed by atoms with Crippen molar-refractivity contribution in [2.24, 2.45) is 5.73 Å². The Balaban J connectivity index is 2.23. The van der Waals surface area contributed by atoms with Crippen molar-refractivity contribution in [2.45, 2.75) is 19.4 Å². The maximum absolute atomic E-state index is 11.8. The molecule has 0 spiro atoms. The first-order valence-corrected chi connectivity index (χ1v) is 6.30. The number of hydrogen-bond donors (Lipinski definition) is 3. The molecule has 21 heavy (non-hydrogen) atoms. The summed E-state index contributed by atoms with van der Waals surface area (Å²) in [4.78, 5) is 36.7. The summed E-state index contributed by atoms with van der Waals surface area (Å²) in [5.41, 5.74) is 6.56. The fourth-order valence-electron chi connectivity index (χ4n) is 2.13. The molecule has 0 aliphatic rings. The Bertz CT molecular complexity index is 692. The van der Waals surface area contributed by atoms with Crippen LogP contribution < -0.4 is 11.1 Å². The lowest BCUT2D eigenvalue weighted by Crippen LogP contribution is -2.43. The number of aromatic nitrogens is 1. The quantitative estimate of drug-likeness (QED) is 0.571. The van der Waals surface area contributed by atoms with E-state index in [0.717, 1.165) is 16.5 Å². The van der Waals surface area contributed by atoms with E-state index in [1.807, 2.05) is 24.3 Å². The molecule has 2 rings (SSSR count). The molecular formula is C14H15N3O4. The van der Waals surface area contributed by atoms with Crippen LogP contribution in [-0.4, -0.2) is 29.0 Å². The fourth-order valence-corrected chi connectivity index (χ4v) is 2.13. The highest BCUT2D eigenvalue weighted by Gasteiger charge is 2.24. The largest absolute Gasteiger partial charge is 0.412 e. The number of fused-ring (bicyclic) bond motifs is 1. The molecule has 0 aliphatic carbocycles. The van der Waals surface area contributed by atoms with E-state index in [-0.39, 0.29) is 6.42 Å². The number of carbonyl (C=O) groups excluding carboxylic acids is 3. The second-order valence-corrected chi connectivity index (χ2v) is 4.56. The number of nitrogens with one attached hydrogen (secondary N) is 2. The first-order chi connectivity index (χ1) is 9.97. The van der Waals surface area contributed by atoms with Crippen LogP contribution in [0.25, 0.3) is 10.9 Å². The molecule has 1 atom stereocenters. The first kappa shape index (κ1) is 14.6. The maximum atomic E-state index is 11.8. The van der Waals surface area contributed by atoms with Gasteiger partial charge in [-0.2, -0.15) is 0 Å². The van der Waals surface area contributed by atoms with Gasteiger partial charge in [0.15, 0.2) is 0 Å². The van der Waals surface area contributed by atoms with Gasteiger partial charge < -0.3 is 20.8 Å². The highest BCUT2D eigenvalue weighted by molar-refractivity contribution is 5.91. The minimum Gasteiger partial charge on any atom is -0.375 e. The van der Waals surface area contributed by atoms with E-state index in [1.165, 1.54) is 6.92 Å². The third-order valence-corrected chi connectivity index (χ3v) is 2.96. The van der Waals surface area contributed by atoms with Crippen molar-refractivity contribution < 1.29 is 19.1 Å². The van der Waals surface area contributed by atoms with Gasteiger partial charge in [0.25, 0.3) is 0 Å².